The molecule has 0 radical (unpaired) electrons. The lowest BCUT2D eigenvalue weighted by atomic mass is 10.2. The Morgan fingerprint density at radius 2 is 2.26 bits per heavy atom. The quantitative estimate of drug-likeness (QED) is 0.769. The minimum absolute atomic E-state index is 0.0439. The van der Waals surface area contributed by atoms with Gasteiger partial charge in [0.1, 0.15) is 21.5 Å². The number of thiophene rings is 1. The third kappa shape index (κ3) is 3.12. The summed E-state index contributed by atoms with van der Waals surface area (Å²) in [6, 6.07) is 1.99. The van der Waals surface area contributed by atoms with Gasteiger partial charge in [0.15, 0.2) is 0 Å². The molecule has 0 spiro atoms. The van der Waals surface area contributed by atoms with Gasteiger partial charge < -0.3 is 16.4 Å². The molecule has 0 saturated heterocycles. The number of carbonyl (C=O) groups is 1. The van der Waals surface area contributed by atoms with Crippen LogP contribution in [0.5, 0.6) is 0 Å². The first-order valence-corrected chi connectivity index (χ1v) is 6.49. The average molecular weight is 286 g/mol. The van der Waals surface area contributed by atoms with Crippen LogP contribution in [0.3, 0.4) is 0 Å². The number of nitrogens with one attached hydrogen (secondary N) is 2. The Hall–Kier alpha value is -1.88. The first kappa shape index (κ1) is 13.5. The lowest BCUT2D eigenvalue weighted by Crippen LogP contribution is -2.25. The molecule has 102 valence electrons. The van der Waals surface area contributed by atoms with Crippen molar-refractivity contribution in [1.82, 2.24) is 5.32 Å². The van der Waals surface area contributed by atoms with Crippen LogP contribution in [-0.4, -0.2) is 24.9 Å². The fraction of sp³-hybridized carbons (Fsp3) is 0.455. The highest BCUT2D eigenvalue weighted by Crippen LogP contribution is 2.35. The largest absolute Gasteiger partial charge is 0.396 e. The molecule has 0 unspecified atom stereocenters. The van der Waals surface area contributed by atoms with E-state index in [1.807, 2.05) is 6.07 Å². The number of carbonyl (C=O) groups excluding carboxylic acids is 1. The summed E-state index contributed by atoms with van der Waals surface area (Å²) in [5.74, 6) is -0.355. The first-order valence-electron chi connectivity index (χ1n) is 5.68. The number of nitrogens with two attached hydrogens (primary N) is 1. The van der Waals surface area contributed by atoms with Gasteiger partial charge in [-0.15, -0.1) is 11.3 Å². The van der Waals surface area contributed by atoms with Crippen molar-refractivity contribution >= 4 is 27.9 Å². The summed E-state index contributed by atoms with van der Waals surface area (Å²) in [6.07, 6.45) is -0.685. The molecule has 1 aliphatic carbocycles. The summed E-state index contributed by atoms with van der Waals surface area (Å²) in [6.45, 7) is -0.585. The second-order valence-electron chi connectivity index (χ2n) is 4.18. The molecule has 1 aromatic rings. The van der Waals surface area contributed by atoms with Gasteiger partial charge in [0.25, 0.3) is 12.3 Å². The molecular weight excluding hydrogens is 274 g/mol. The summed E-state index contributed by atoms with van der Waals surface area (Å²) in [4.78, 5) is 12.1. The molecule has 8 heteroatoms. The van der Waals surface area contributed by atoms with Crippen LogP contribution >= 0.6 is 11.3 Å². The molecule has 19 heavy (non-hydrogen) atoms. The zero-order valence-corrected chi connectivity index (χ0v) is 10.7. The van der Waals surface area contributed by atoms with Crippen molar-refractivity contribution in [2.45, 2.75) is 25.3 Å². The highest BCUT2D eigenvalue weighted by atomic mass is 32.1. The number of rotatable bonds is 5. The average Bonchev–Trinajstić information content (AvgIpc) is 3.09. The molecule has 0 atom stereocenters. The number of amides is 1. The third-order valence-electron chi connectivity index (χ3n) is 2.59. The van der Waals surface area contributed by atoms with Crippen molar-refractivity contribution in [2.24, 2.45) is 0 Å². The van der Waals surface area contributed by atoms with Gasteiger partial charge in [0, 0.05) is 6.04 Å². The van der Waals surface area contributed by atoms with Gasteiger partial charge in [-0.1, -0.05) is 0 Å². The van der Waals surface area contributed by atoms with Gasteiger partial charge >= 0.3 is 0 Å². The Kier molecular flexibility index (Phi) is 3.85. The van der Waals surface area contributed by atoms with Gasteiger partial charge in [-0.2, -0.15) is 5.26 Å². The number of nitriles is 1. The molecular formula is C11H12F2N4OS. The number of hydrogen-bond acceptors (Lipinski definition) is 5. The number of anilines is 2. The van der Waals surface area contributed by atoms with Gasteiger partial charge in [-0.05, 0) is 12.8 Å². The minimum Gasteiger partial charge on any atom is -0.396 e. The van der Waals surface area contributed by atoms with E-state index in [4.69, 9.17) is 11.0 Å². The van der Waals surface area contributed by atoms with Gasteiger partial charge in [0.05, 0.1) is 12.2 Å². The van der Waals surface area contributed by atoms with Crippen LogP contribution in [0.4, 0.5) is 19.5 Å². The minimum atomic E-state index is -2.54. The van der Waals surface area contributed by atoms with Crippen molar-refractivity contribution < 1.29 is 13.6 Å². The van der Waals surface area contributed by atoms with Crippen LogP contribution in [0.2, 0.25) is 0 Å². The van der Waals surface area contributed by atoms with Crippen molar-refractivity contribution in [2.75, 3.05) is 17.6 Å². The fourth-order valence-corrected chi connectivity index (χ4v) is 2.48. The molecule has 1 fully saturated rings. The highest BCUT2D eigenvalue weighted by molar-refractivity contribution is 7.18. The monoisotopic (exact) mass is 286 g/mol. The standard InChI is InChI=1S/C11H12F2N4OS/c12-7(13)4-16-11-6(3-14)8(15)9(19-11)10(18)17-5-1-2-5/h5,7,16H,1-2,4,15H2,(H,17,18). The van der Waals surface area contributed by atoms with Gasteiger partial charge in [-0.3, -0.25) is 4.79 Å². The van der Waals surface area contributed by atoms with Crippen LogP contribution in [0.15, 0.2) is 0 Å². The second-order valence-corrected chi connectivity index (χ2v) is 5.20. The summed E-state index contributed by atoms with van der Waals surface area (Å²) < 4.78 is 24.3. The van der Waals surface area contributed by atoms with Gasteiger partial charge in [-0.25, -0.2) is 8.78 Å². The van der Waals surface area contributed by atoms with Crippen LogP contribution < -0.4 is 16.4 Å². The maximum Gasteiger partial charge on any atom is 0.263 e. The van der Waals surface area contributed by atoms with Crippen molar-refractivity contribution in [3.05, 3.63) is 10.4 Å². The maximum atomic E-state index is 12.2. The fourth-order valence-electron chi connectivity index (χ4n) is 1.50. The summed E-state index contributed by atoms with van der Waals surface area (Å²) in [5, 5.41) is 14.4. The van der Waals surface area contributed by atoms with E-state index in [0.29, 0.717) is 0 Å². The van der Waals surface area contributed by atoms with Crippen LogP contribution in [0.1, 0.15) is 28.1 Å². The molecule has 0 bridgehead atoms. The van der Waals surface area contributed by atoms with E-state index in [0.717, 1.165) is 24.2 Å². The highest BCUT2D eigenvalue weighted by Gasteiger charge is 2.27. The zero-order valence-electron chi connectivity index (χ0n) is 9.87. The number of alkyl halides is 2. The second kappa shape index (κ2) is 5.40. The van der Waals surface area contributed by atoms with Crippen molar-refractivity contribution in [3.8, 4) is 6.07 Å². The molecule has 2 rings (SSSR count). The molecule has 4 N–H and O–H groups in total. The summed E-state index contributed by atoms with van der Waals surface area (Å²) in [7, 11) is 0. The van der Waals surface area contributed by atoms with Gasteiger partial charge in [0.2, 0.25) is 0 Å². The number of hydrogen-bond donors (Lipinski definition) is 3. The van der Waals surface area contributed by atoms with Crippen LogP contribution in [0, 0.1) is 11.3 Å². The Bertz CT molecular complexity index is 534. The lowest BCUT2D eigenvalue weighted by Gasteiger charge is -2.02. The Morgan fingerprint density at radius 1 is 1.58 bits per heavy atom. The Balaban J connectivity index is 2.19. The SMILES string of the molecule is N#Cc1c(NCC(F)F)sc(C(=O)NC2CC2)c1N. The van der Waals surface area contributed by atoms with E-state index in [-0.39, 0.29) is 33.1 Å². The molecule has 5 nitrogen and oxygen atoms in total. The van der Waals surface area contributed by atoms with E-state index < -0.39 is 13.0 Å². The first-order chi connectivity index (χ1) is 9.02. The van der Waals surface area contributed by atoms with E-state index >= 15 is 0 Å². The van der Waals surface area contributed by atoms with E-state index in [9.17, 15) is 13.6 Å². The van der Waals surface area contributed by atoms with Crippen molar-refractivity contribution in [3.63, 3.8) is 0 Å². The number of halogens is 2. The molecule has 1 heterocycles. The Morgan fingerprint density at radius 3 is 2.79 bits per heavy atom. The summed E-state index contributed by atoms with van der Waals surface area (Å²) >= 11 is 0.927. The molecule has 0 aromatic carbocycles. The van der Waals surface area contributed by atoms with E-state index in [2.05, 4.69) is 10.6 Å². The molecule has 0 aliphatic heterocycles. The summed E-state index contributed by atoms with van der Waals surface area (Å²) in [5.41, 5.74) is 5.81. The predicted molar refractivity (Wildman–Crippen MR) is 68.4 cm³/mol. The zero-order chi connectivity index (χ0) is 14.0. The van der Waals surface area contributed by atoms with Crippen LogP contribution in [-0.2, 0) is 0 Å². The number of nitrogens with zero attached hydrogens (tertiary/aromatic N) is 1. The molecule has 1 aromatic heterocycles. The lowest BCUT2D eigenvalue weighted by molar-refractivity contribution is 0.0956. The third-order valence-corrected chi connectivity index (χ3v) is 3.75. The Labute approximate surface area is 112 Å². The molecule has 1 aliphatic rings. The topological polar surface area (TPSA) is 90.9 Å². The molecule has 1 saturated carbocycles. The van der Waals surface area contributed by atoms with E-state index in [1.165, 1.54) is 0 Å². The molecule has 1 amide bonds. The van der Waals surface area contributed by atoms with Crippen molar-refractivity contribution in [1.29, 1.82) is 5.26 Å². The smallest absolute Gasteiger partial charge is 0.263 e. The van der Waals surface area contributed by atoms with E-state index in [1.54, 1.807) is 0 Å². The maximum absolute atomic E-state index is 12.2. The normalized spacial score (nSPS) is 14.2. The predicted octanol–water partition coefficient (Wildman–Crippen LogP) is 1.77. The number of nitrogen functional groups attached to an aromatic ring is 1. The van der Waals surface area contributed by atoms with Crippen LogP contribution in [0.25, 0.3) is 0 Å².